The number of amides is 1. The molecule has 138 valence electrons. The third-order valence-corrected chi connectivity index (χ3v) is 4.52. The van der Waals surface area contributed by atoms with Crippen molar-refractivity contribution in [3.8, 4) is 5.75 Å². The topological polar surface area (TPSA) is 70.6 Å². The van der Waals surface area contributed by atoms with Crippen LogP contribution in [-0.4, -0.2) is 67.7 Å². The molecule has 0 saturated carbocycles. The number of hydrogen-bond acceptors (Lipinski definition) is 6. The first-order chi connectivity index (χ1) is 12.7. The Morgan fingerprint density at radius 1 is 1.15 bits per heavy atom. The maximum Gasteiger partial charge on any atom is 0.270 e. The quantitative estimate of drug-likeness (QED) is 0.840. The molecule has 0 atom stereocenters. The van der Waals surface area contributed by atoms with Crippen LogP contribution in [0.5, 0.6) is 5.75 Å². The summed E-state index contributed by atoms with van der Waals surface area (Å²) >= 11 is 0. The minimum Gasteiger partial charge on any atom is -0.497 e. The lowest BCUT2D eigenvalue weighted by atomic mass is 10.1. The smallest absolute Gasteiger partial charge is 0.270 e. The summed E-state index contributed by atoms with van der Waals surface area (Å²) in [5.41, 5.74) is 1.55. The van der Waals surface area contributed by atoms with Crippen molar-refractivity contribution in [3.05, 3.63) is 47.8 Å². The fourth-order valence-corrected chi connectivity index (χ4v) is 2.84. The van der Waals surface area contributed by atoms with Gasteiger partial charge in [-0.1, -0.05) is 12.1 Å². The van der Waals surface area contributed by atoms with Crippen LogP contribution in [0.25, 0.3) is 0 Å². The van der Waals surface area contributed by atoms with E-state index in [-0.39, 0.29) is 5.91 Å². The summed E-state index contributed by atoms with van der Waals surface area (Å²) in [5.74, 6) is 1.28. The van der Waals surface area contributed by atoms with E-state index in [1.165, 1.54) is 0 Å². The number of aromatic nitrogens is 2. The van der Waals surface area contributed by atoms with Gasteiger partial charge in [-0.3, -0.25) is 4.79 Å². The van der Waals surface area contributed by atoms with Crippen molar-refractivity contribution in [1.29, 1.82) is 0 Å². The summed E-state index contributed by atoms with van der Waals surface area (Å²) in [4.78, 5) is 25.5. The number of methoxy groups -OCH3 is 1. The number of piperazine rings is 1. The van der Waals surface area contributed by atoms with Crippen LogP contribution in [0.1, 0.15) is 16.1 Å². The second kappa shape index (κ2) is 8.62. The first-order valence-corrected chi connectivity index (χ1v) is 8.83. The van der Waals surface area contributed by atoms with E-state index in [2.05, 4.69) is 32.1 Å². The summed E-state index contributed by atoms with van der Waals surface area (Å²) in [6.07, 6.45) is 2.41. The van der Waals surface area contributed by atoms with Gasteiger partial charge in [0.25, 0.3) is 5.91 Å². The highest BCUT2D eigenvalue weighted by molar-refractivity contribution is 5.92. The molecule has 1 aromatic heterocycles. The van der Waals surface area contributed by atoms with Crippen LogP contribution in [0, 0.1) is 0 Å². The molecule has 1 saturated heterocycles. The molecule has 7 heteroatoms. The Morgan fingerprint density at radius 3 is 2.58 bits per heavy atom. The number of nitrogens with zero attached hydrogens (tertiary/aromatic N) is 4. The van der Waals surface area contributed by atoms with Crippen LogP contribution in [0.3, 0.4) is 0 Å². The molecular formula is C19H25N5O2. The zero-order chi connectivity index (χ0) is 18.4. The summed E-state index contributed by atoms with van der Waals surface area (Å²) < 4.78 is 5.15. The molecule has 26 heavy (non-hydrogen) atoms. The minimum atomic E-state index is -0.170. The molecule has 7 nitrogen and oxygen atoms in total. The van der Waals surface area contributed by atoms with Crippen molar-refractivity contribution in [2.45, 2.75) is 6.42 Å². The van der Waals surface area contributed by atoms with Crippen molar-refractivity contribution in [2.75, 3.05) is 51.8 Å². The first kappa shape index (κ1) is 18.1. The van der Waals surface area contributed by atoms with E-state index >= 15 is 0 Å². The largest absolute Gasteiger partial charge is 0.497 e. The zero-order valence-corrected chi connectivity index (χ0v) is 15.3. The van der Waals surface area contributed by atoms with E-state index in [0.717, 1.165) is 43.9 Å². The lowest BCUT2D eigenvalue weighted by Crippen LogP contribution is -2.45. The van der Waals surface area contributed by atoms with Crippen molar-refractivity contribution in [2.24, 2.45) is 0 Å². The van der Waals surface area contributed by atoms with Crippen molar-refractivity contribution < 1.29 is 9.53 Å². The number of carbonyl (C=O) groups excluding carboxylic acids is 1. The number of ether oxygens (including phenoxy) is 1. The van der Waals surface area contributed by atoms with Gasteiger partial charge in [-0.05, 0) is 37.2 Å². The molecule has 1 aliphatic heterocycles. The molecule has 1 amide bonds. The molecule has 1 aromatic carbocycles. The van der Waals surface area contributed by atoms with E-state index in [4.69, 9.17) is 4.74 Å². The van der Waals surface area contributed by atoms with E-state index in [1.807, 2.05) is 24.3 Å². The van der Waals surface area contributed by atoms with Crippen molar-refractivity contribution in [3.63, 3.8) is 0 Å². The van der Waals surface area contributed by atoms with Gasteiger partial charge in [-0.15, -0.1) is 0 Å². The van der Waals surface area contributed by atoms with Gasteiger partial charge in [0, 0.05) is 38.9 Å². The van der Waals surface area contributed by atoms with Crippen LogP contribution in [-0.2, 0) is 6.42 Å². The van der Waals surface area contributed by atoms with Crippen LogP contribution in [0.2, 0.25) is 0 Å². The predicted octanol–water partition coefficient (Wildman–Crippen LogP) is 1.21. The van der Waals surface area contributed by atoms with E-state index in [1.54, 1.807) is 19.4 Å². The molecular weight excluding hydrogens is 330 g/mol. The first-order valence-electron chi connectivity index (χ1n) is 8.83. The molecule has 3 rings (SSSR count). The molecule has 0 unspecified atom stereocenters. The van der Waals surface area contributed by atoms with Gasteiger partial charge in [0.05, 0.1) is 7.11 Å². The average molecular weight is 355 g/mol. The summed E-state index contributed by atoms with van der Waals surface area (Å²) in [6, 6.07) is 9.50. The number of likely N-dealkylation sites (N-methyl/N-ethyl adjacent to an activating group) is 1. The normalized spacial score (nSPS) is 14.9. The molecule has 1 aliphatic rings. The zero-order valence-electron chi connectivity index (χ0n) is 15.3. The molecule has 0 bridgehead atoms. The number of benzene rings is 1. The average Bonchev–Trinajstić information content (AvgIpc) is 2.69. The highest BCUT2D eigenvalue weighted by Gasteiger charge is 2.17. The van der Waals surface area contributed by atoms with Gasteiger partial charge < -0.3 is 19.9 Å². The molecule has 2 heterocycles. The Bertz CT molecular complexity index is 727. The number of nitrogens with one attached hydrogen (secondary N) is 1. The van der Waals surface area contributed by atoms with Crippen LogP contribution < -0.4 is 15.0 Å². The standard InChI is InChI=1S/C19H25N5O2/c1-23-11-13-24(14-12-23)19-21-10-8-17(22-19)18(25)20-9-7-15-3-5-16(26-2)6-4-15/h3-6,8,10H,7,9,11-14H2,1-2H3,(H,20,25). The number of carbonyl (C=O) groups is 1. The van der Waals surface area contributed by atoms with Crippen molar-refractivity contribution >= 4 is 11.9 Å². The Morgan fingerprint density at radius 2 is 1.88 bits per heavy atom. The minimum absolute atomic E-state index is 0.170. The van der Waals surface area contributed by atoms with Gasteiger partial charge in [-0.25, -0.2) is 9.97 Å². The van der Waals surface area contributed by atoms with Crippen LogP contribution in [0.15, 0.2) is 36.5 Å². The molecule has 1 N–H and O–H groups in total. The van der Waals surface area contributed by atoms with E-state index in [9.17, 15) is 4.79 Å². The fourth-order valence-electron chi connectivity index (χ4n) is 2.84. The maximum absolute atomic E-state index is 12.4. The monoisotopic (exact) mass is 355 g/mol. The molecule has 0 spiro atoms. The summed E-state index contributed by atoms with van der Waals surface area (Å²) in [7, 11) is 3.75. The van der Waals surface area contributed by atoms with E-state index in [0.29, 0.717) is 18.2 Å². The van der Waals surface area contributed by atoms with E-state index < -0.39 is 0 Å². The van der Waals surface area contributed by atoms with Crippen LogP contribution in [0.4, 0.5) is 5.95 Å². The van der Waals surface area contributed by atoms with Crippen LogP contribution >= 0.6 is 0 Å². The number of hydrogen-bond donors (Lipinski definition) is 1. The van der Waals surface area contributed by atoms with Gasteiger partial charge in [0.1, 0.15) is 11.4 Å². The fraction of sp³-hybridized carbons (Fsp3) is 0.421. The van der Waals surface area contributed by atoms with Gasteiger partial charge in [-0.2, -0.15) is 0 Å². The third-order valence-electron chi connectivity index (χ3n) is 4.52. The van der Waals surface area contributed by atoms with Gasteiger partial charge >= 0.3 is 0 Å². The Kier molecular flexibility index (Phi) is 6.01. The SMILES string of the molecule is COc1ccc(CCNC(=O)c2ccnc(N3CCN(C)CC3)n2)cc1. The Hall–Kier alpha value is -2.67. The number of anilines is 1. The van der Waals surface area contributed by atoms with Gasteiger partial charge in [0.15, 0.2) is 0 Å². The highest BCUT2D eigenvalue weighted by atomic mass is 16.5. The lowest BCUT2D eigenvalue weighted by Gasteiger charge is -2.32. The predicted molar refractivity (Wildman–Crippen MR) is 101 cm³/mol. The summed E-state index contributed by atoms with van der Waals surface area (Å²) in [6.45, 7) is 4.25. The van der Waals surface area contributed by atoms with Crippen molar-refractivity contribution in [1.82, 2.24) is 20.2 Å². The molecule has 1 fully saturated rings. The van der Waals surface area contributed by atoms with Gasteiger partial charge in [0.2, 0.25) is 5.95 Å². The Labute approximate surface area is 154 Å². The molecule has 0 aliphatic carbocycles. The molecule has 2 aromatic rings. The third kappa shape index (κ3) is 4.70. The lowest BCUT2D eigenvalue weighted by molar-refractivity contribution is 0.0949. The Balaban J connectivity index is 1.53. The highest BCUT2D eigenvalue weighted by Crippen LogP contribution is 2.12. The summed E-state index contributed by atoms with van der Waals surface area (Å²) in [5, 5.41) is 2.93. The second-order valence-corrected chi connectivity index (χ2v) is 6.39. The number of rotatable bonds is 6. The molecule has 0 radical (unpaired) electrons. The maximum atomic E-state index is 12.4. The second-order valence-electron chi connectivity index (χ2n) is 6.39.